The number of carbonyl (C=O) groups is 4. The molecule has 0 fully saturated rings. The van der Waals surface area contributed by atoms with E-state index in [0.29, 0.717) is 19.3 Å². The standard InChI is InChI=1S/C57H109NO9/c1-7-13-17-21-25-32-40-52(41-33-26-22-18-14-8-2)66-55(60)44-36-30-29-31-39-51(50-65-57(62)63-48-38-47-58(11-5)12-6)49-64-54(59)45-37-46-56(61)67-53(42-34-27-23-19-15-9-3)43-35-28-24-20-16-10-4/h51-53H,7-50H2,1-6H3. The molecule has 0 saturated heterocycles. The Labute approximate surface area is 413 Å². The van der Waals surface area contributed by atoms with Crippen LogP contribution in [0, 0.1) is 5.92 Å². The van der Waals surface area contributed by atoms with Crippen molar-refractivity contribution in [3.8, 4) is 0 Å². The lowest BCUT2D eigenvalue weighted by molar-refractivity contribution is -0.151. The Bertz CT molecular complexity index is 1080. The molecule has 0 radical (unpaired) electrons. The molecule has 10 nitrogen and oxygen atoms in total. The van der Waals surface area contributed by atoms with Crippen LogP contribution < -0.4 is 0 Å². The van der Waals surface area contributed by atoms with Crippen LogP contribution in [0.15, 0.2) is 0 Å². The highest BCUT2D eigenvalue weighted by Crippen LogP contribution is 2.21. The highest BCUT2D eigenvalue weighted by atomic mass is 16.7. The average Bonchev–Trinajstić information content (AvgIpc) is 3.32. The summed E-state index contributed by atoms with van der Waals surface area (Å²) >= 11 is 0. The third kappa shape index (κ3) is 44.6. The number of rotatable bonds is 51. The van der Waals surface area contributed by atoms with E-state index in [-0.39, 0.29) is 68.7 Å². The molecular formula is C57H109NO9. The molecule has 396 valence electrons. The Hall–Kier alpha value is -2.36. The SMILES string of the molecule is CCCCCCCCC(CCCCCCCC)OC(=O)CCCCCCC(COC(=O)CCCC(=O)OC(CCCCCCCC)CCCCCCCC)COC(=O)OCCCN(CC)CC. The molecule has 0 aliphatic heterocycles. The summed E-state index contributed by atoms with van der Waals surface area (Å²) in [5.74, 6) is -0.856. The van der Waals surface area contributed by atoms with Gasteiger partial charge in [-0.1, -0.05) is 189 Å². The van der Waals surface area contributed by atoms with Crippen molar-refractivity contribution in [3.63, 3.8) is 0 Å². The molecule has 0 aromatic rings. The minimum atomic E-state index is -0.703. The molecule has 0 rings (SSSR count). The molecule has 1 unspecified atom stereocenters. The number of hydrogen-bond acceptors (Lipinski definition) is 10. The van der Waals surface area contributed by atoms with E-state index in [0.717, 1.165) is 103 Å². The smallest absolute Gasteiger partial charge is 0.465 e. The Balaban J connectivity index is 5.02. The number of hydrogen-bond donors (Lipinski definition) is 0. The number of carbonyl (C=O) groups excluding carboxylic acids is 4. The van der Waals surface area contributed by atoms with Crippen molar-refractivity contribution in [1.82, 2.24) is 4.90 Å². The first-order chi connectivity index (χ1) is 32.7. The minimum absolute atomic E-state index is 0.0306. The molecule has 0 saturated carbocycles. The van der Waals surface area contributed by atoms with Gasteiger partial charge in [-0.25, -0.2) is 4.79 Å². The lowest BCUT2D eigenvalue weighted by atomic mass is 10.0. The Morgan fingerprint density at radius 2 is 0.716 bits per heavy atom. The largest absolute Gasteiger partial charge is 0.508 e. The molecule has 0 heterocycles. The van der Waals surface area contributed by atoms with Gasteiger partial charge in [-0.3, -0.25) is 14.4 Å². The zero-order valence-electron chi connectivity index (χ0n) is 45.0. The molecule has 0 aromatic heterocycles. The zero-order valence-corrected chi connectivity index (χ0v) is 45.0. The van der Waals surface area contributed by atoms with Crippen LogP contribution in [0.3, 0.4) is 0 Å². The second kappa shape index (κ2) is 50.0. The van der Waals surface area contributed by atoms with Gasteiger partial charge in [0.05, 0.1) is 13.2 Å². The molecule has 0 amide bonds. The van der Waals surface area contributed by atoms with Crippen molar-refractivity contribution in [2.45, 2.75) is 298 Å². The van der Waals surface area contributed by atoms with Gasteiger partial charge in [0.15, 0.2) is 0 Å². The zero-order chi connectivity index (χ0) is 49.3. The van der Waals surface area contributed by atoms with Crippen LogP contribution in [0.2, 0.25) is 0 Å². The summed E-state index contributed by atoms with van der Waals surface area (Å²) in [6.07, 6.45) is 38.4. The molecule has 10 heteroatoms. The van der Waals surface area contributed by atoms with Gasteiger partial charge in [-0.15, -0.1) is 0 Å². The molecule has 1 atom stereocenters. The van der Waals surface area contributed by atoms with Crippen LogP contribution in [-0.4, -0.2) is 80.6 Å². The van der Waals surface area contributed by atoms with Gasteiger partial charge >= 0.3 is 24.1 Å². The maximum Gasteiger partial charge on any atom is 0.508 e. The van der Waals surface area contributed by atoms with Crippen molar-refractivity contribution in [3.05, 3.63) is 0 Å². The van der Waals surface area contributed by atoms with Gasteiger partial charge < -0.3 is 28.6 Å². The molecule has 0 spiro atoms. The fourth-order valence-corrected chi connectivity index (χ4v) is 8.77. The number of ether oxygens (including phenoxy) is 5. The minimum Gasteiger partial charge on any atom is -0.465 e. The van der Waals surface area contributed by atoms with Crippen molar-refractivity contribution in [2.75, 3.05) is 39.5 Å². The fraction of sp³-hybridized carbons (Fsp3) is 0.930. The van der Waals surface area contributed by atoms with Crippen molar-refractivity contribution in [1.29, 1.82) is 0 Å². The summed E-state index contributed by atoms with van der Waals surface area (Å²) < 4.78 is 28.6. The van der Waals surface area contributed by atoms with E-state index in [4.69, 9.17) is 23.7 Å². The predicted octanol–water partition coefficient (Wildman–Crippen LogP) is 16.4. The summed E-state index contributed by atoms with van der Waals surface area (Å²) in [4.78, 5) is 53.5. The van der Waals surface area contributed by atoms with Gasteiger partial charge in [-0.05, 0) is 90.1 Å². The fourth-order valence-electron chi connectivity index (χ4n) is 8.77. The molecule has 0 bridgehead atoms. The molecule has 0 aliphatic rings. The van der Waals surface area contributed by atoms with Crippen molar-refractivity contribution >= 4 is 24.1 Å². The predicted molar refractivity (Wildman–Crippen MR) is 277 cm³/mol. The van der Waals surface area contributed by atoms with Crippen LogP contribution in [0.4, 0.5) is 4.79 Å². The summed E-state index contributed by atoms with van der Waals surface area (Å²) in [7, 11) is 0. The van der Waals surface area contributed by atoms with E-state index in [1.807, 2.05) is 0 Å². The quantitative estimate of drug-likeness (QED) is 0.0331. The molecule has 0 N–H and O–H groups in total. The van der Waals surface area contributed by atoms with Gasteiger partial charge in [0.1, 0.15) is 18.8 Å². The highest BCUT2D eigenvalue weighted by Gasteiger charge is 2.19. The van der Waals surface area contributed by atoms with E-state index < -0.39 is 6.16 Å². The van der Waals surface area contributed by atoms with Gasteiger partial charge in [0.2, 0.25) is 0 Å². The second-order valence-corrected chi connectivity index (χ2v) is 19.6. The monoisotopic (exact) mass is 952 g/mol. The Morgan fingerprint density at radius 1 is 0.358 bits per heavy atom. The third-order valence-electron chi connectivity index (χ3n) is 13.3. The average molecular weight is 952 g/mol. The van der Waals surface area contributed by atoms with E-state index in [1.165, 1.54) is 128 Å². The second-order valence-electron chi connectivity index (χ2n) is 19.6. The lowest BCUT2D eigenvalue weighted by Crippen LogP contribution is -2.25. The van der Waals surface area contributed by atoms with Gasteiger partial charge in [-0.2, -0.15) is 0 Å². The van der Waals surface area contributed by atoms with Crippen LogP contribution in [0.5, 0.6) is 0 Å². The number of unbranched alkanes of at least 4 members (excludes halogenated alkanes) is 23. The molecule has 0 aliphatic carbocycles. The van der Waals surface area contributed by atoms with Crippen molar-refractivity contribution in [2.24, 2.45) is 5.92 Å². The van der Waals surface area contributed by atoms with Crippen molar-refractivity contribution < 1.29 is 42.9 Å². The topological polar surface area (TPSA) is 118 Å². The molecular weight excluding hydrogens is 843 g/mol. The maximum atomic E-state index is 12.9. The maximum absolute atomic E-state index is 12.9. The van der Waals surface area contributed by atoms with Gasteiger partial charge in [0.25, 0.3) is 0 Å². The van der Waals surface area contributed by atoms with Crippen LogP contribution in [-0.2, 0) is 38.1 Å². The summed E-state index contributed by atoms with van der Waals surface area (Å²) in [6.45, 7) is 16.4. The molecule has 67 heavy (non-hydrogen) atoms. The van der Waals surface area contributed by atoms with Crippen LogP contribution in [0.1, 0.15) is 286 Å². The normalized spacial score (nSPS) is 12.0. The van der Waals surface area contributed by atoms with Crippen LogP contribution in [0.25, 0.3) is 0 Å². The summed E-state index contributed by atoms with van der Waals surface area (Å²) in [6, 6.07) is 0. The summed E-state index contributed by atoms with van der Waals surface area (Å²) in [5.41, 5.74) is 0. The first-order valence-corrected chi connectivity index (χ1v) is 28.8. The van der Waals surface area contributed by atoms with E-state index in [2.05, 4.69) is 46.4 Å². The van der Waals surface area contributed by atoms with Crippen LogP contribution >= 0.6 is 0 Å². The highest BCUT2D eigenvalue weighted by molar-refractivity contribution is 5.72. The summed E-state index contributed by atoms with van der Waals surface area (Å²) in [5, 5.41) is 0. The van der Waals surface area contributed by atoms with Gasteiger partial charge in [0, 0.05) is 31.7 Å². The first kappa shape index (κ1) is 64.6. The van der Waals surface area contributed by atoms with E-state index in [1.54, 1.807) is 0 Å². The Morgan fingerprint density at radius 3 is 1.15 bits per heavy atom. The first-order valence-electron chi connectivity index (χ1n) is 28.8. The molecule has 0 aromatic carbocycles. The number of esters is 3. The Kier molecular flexibility index (Phi) is 48.3. The lowest BCUT2D eigenvalue weighted by Gasteiger charge is -2.19. The van der Waals surface area contributed by atoms with E-state index in [9.17, 15) is 19.2 Å². The van der Waals surface area contributed by atoms with E-state index >= 15 is 0 Å². The number of nitrogens with zero attached hydrogens (tertiary/aromatic N) is 1. The third-order valence-corrected chi connectivity index (χ3v) is 13.3.